The summed E-state index contributed by atoms with van der Waals surface area (Å²) in [6, 6.07) is 9.00. The van der Waals surface area contributed by atoms with E-state index in [4.69, 9.17) is 11.6 Å². The number of benzene rings is 2. The van der Waals surface area contributed by atoms with Gasteiger partial charge in [-0.05, 0) is 40.0 Å². The SMILES string of the molecule is O=Cc1c(Br)c2c3c(c(-c4ccccc4Cl)cc2n1CCCBr)C(=O)NC3=O. The quantitative estimate of drug-likeness (QED) is 0.283. The Morgan fingerprint density at radius 1 is 1.11 bits per heavy atom. The highest BCUT2D eigenvalue weighted by Gasteiger charge is 2.35. The van der Waals surface area contributed by atoms with Crippen LogP contribution in [0.3, 0.4) is 0 Å². The van der Waals surface area contributed by atoms with Gasteiger partial charge in [-0.1, -0.05) is 45.7 Å². The fraction of sp³-hybridized carbons (Fsp3) is 0.150. The number of hydrogen-bond acceptors (Lipinski definition) is 3. The first-order valence-electron chi connectivity index (χ1n) is 8.50. The second-order valence-electron chi connectivity index (χ2n) is 6.34. The van der Waals surface area contributed by atoms with E-state index < -0.39 is 11.8 Å². The minimum atomic E-state index is -0.477. The number of aldehydes is 1. The van der Waals surface area contributed by atoms with E-state index >= 15 is 0 Å². The number of rotatable bonds is 5. The number of halogens is 3. The lowest BCUT2D eigenvalue weighted by atomic mass is 9.94. The summed E-state index contributed by atoms with van der Waals surface area (Å²) in [6.45, 7) is 0.581. The lowest BCUT2D eigenvalue weighted by Gasteiger charge is -2.12. The van der Waals surface area contributed by atoms with E-state index in [1.165, 1.54) is 0 Å². The summed E-state index contributed by atoms with van der Waals surface area (Å²) in [7, 11) is 0. The molecule has 0 saturated carbocycles. The molecule has 2 aromatic carbocycles. The molecule has 1 aliphatic heterocycles. The zero-order valence-electron chi connectivity index (χ0n) is 14.4. The van der Waals surface area contributed by atoms with Crippen LogP contribution < -0.4 is 5.32 Å². The lowest BCUT2D eigenvalue weighted by Crippen LogP contribution is -2.20. The van der Waals surface area contributed by atoms with Gasteiger partial charge in [-0.3, -0.25) is 19.7 Å². The number of carbonyl (C=O) groups is 3. The van der Waals surface area contributed by atoms with Crippen LogP contribution in [0.1, 0.15) is 37.6 Å². The van der Waals surface area contributed by atoms with E-state index in [0.717, 1.165) is 18.0 Å². The average Bonchev–Trinajstić information content (AvgIpc) is 3.13. The fourth-order valence-electron chi connectivity index (χ4n) is 3.64. The Kier molecular flexibility index (Phi) is 5.16. The van der Waals surface area contributed by atoms with Crippen molar-refractivity contribution >= 4 is 72.5 Å². The molecule has 0 fully saturated rings. The molecule has 8 heteroatoms. The molecule has 0 saturated heterocycles. The molecule has 1 aromatic heterocycles. The second-order valence-corrected chi connectivity index (χ2v) is 8.34. The van der Waals surface area contributed by atoms with Crippen molar-refractivity contribution in [3.8, 4) is 11.1 Å². The molecule has 4 rings (SSSR count). The maximum atomic E-state index is 12.6. The Morgan fingerprint density at radius 2 is 1.82 bits per heavy atom. The molecule has 3 aromatic rings. The number of imide groups is 1. The summed E-state index contributed by atoms with van der Waals surface area (Å²) in [5.41, 5.74) is 2.91. The predicted molar refractivity (Wildman–Crippen MR) is 116 cm³/mol. The van der Waals surface area contributed by atoms with Crippen LogP contribution in [-0.4, -0.2) is 28.0 Å². The maximum absolute atomic E-state index is 12.6. The first-order valence-corrected chi connectivity index (χ1v) is 10.8. The third-order valence-electron chi connectivity index (χ3n) is 4.80. The summed E-state index contributed by atoms with van der Waals surface area (Å²) in [6.07, 6.45) is 1.55. The minimum Gasteiger partial charge on any atom is -0.337 e. The van der Waals surface area contributed by atoms with Gasteiger partial charge in [-0.15, -0.1) is 0 Å². The predicted octanol–water partition coefficient (Wildman–Crippen LogP) is 5.21. The van der Waals surface area contributed by atoms with Crippen LogP contribution in [0.25, 0.3) is 22.0 Å². The molecule has 0 spiro atoms. The van der Waals surface area contributed by atoms with Gasteiger partial charge >= 0.3 is 0 Å². The molecule has 28 heavy (non-hydrogen) atoms. The van der Waals surface area contributed by atoms with Gasteiger partial charge in [-0.25, -0.2) is 0 Å². The molecule has 0 unspecified atom stereocenters. The third-order valence-corrected chi connectivity index (χ3v) is 6.50. The standard InChI is InChI=1S/C20H13Br2ClN2O3/c21-6-3-7-25-13-8-11(10-4-1-2-5-12(10)23)15-17(20(28)24-19(15)27)16(13)18(22)14(25)9-26/h1-2,4-5,8-9H,3,6-7H2,(H,24,27,28). The molecule has 0 aliphatic carbocycles. The number of aromatic nitrogens is 1. The van der Waals surface area contributed by atoms with E-state index in [2.05, 4.69) is 37.2 Å². The Labute approximate surface area is 182 Å². The van der Waals surface area contributed by atoms with Crippen LogP contribution >= 0.6 is 43.5 Å². The summed E-state index contributed by atoms with van der Waals surface area (Å²) >= 11 is 13.3. The Balaban J connectivity index is 2.16. The molecule has 0 bridgehead atoms. The third kappa shape index (κ3) is 2.84. The number of nitrogens with zero attached hydrogens (tertiary/aromatic N) is 1. The van der Waals surface area contributed by atoms with Crippen molar-refractivity contribution in [2.75, 3.05) is 5.33 Å². The summed E-state index contributed by atoms with van der Waals surface area (Å²) in [5, 5.41) is 4.18. The molecule has 0 atom stereocenters. The minimum absolute atomic E-state index is 0.269. The van der Waals surface area contributed by atoms with E-state index in [0.29, 0.717) is 43.8 Å². The Bertz CT molecular complexity index is 1170. The normalized spacial score (nSPS) is 13.1. The highest BCUT2D eigenvalue weighted by molar-refractivity contribution is 9.10. The van der Waals surface area contributed by atoms with E-state index in [1.807, 2.05) is 16.7 Å². The number of alkyl halides is 1. The highest BCUT2D eigenvalue weighted by atomic mass is 79.9. The molecule has 2 heterocycles. The van der Waals surface area contributed by atoms with Gasteiger partial charge in [0, 0.05) is 27.8 Å². The molecule has 2 amide bonds. The smallest absolute Gasteiger partial charge is 0.259 e. The van der Waals surface area contributed by atoms with Crippen molar-refractivity contribution in [1.29, 1.82) is 0 Å². The van der Waals surface area contributed by atoms with Gasteiger partial charge in [-0.2, -0.15) is 0 Å². The Hall–Kier alpha value is -1.96. The zero-order chi connectivity index (χ0) is 20.0. The average molecular weight is 525 g/mol. The number of amides is 2. The van der Waals surface area contributed by atoms with Crippen molar-refractivity contribution < 1.29 is 14.4 Å². The van der Waals surface area contributed by atoms with Crippen molar-refractivity contribution in [3.05, 3.63) is 56.6 Å². The molecule has 5 nitrogen and oxygen atoms in total. The maximum Gasteiger partial charge on any atom is 0.259 e. The molecular weight excluding hydrogens is 511 g/mol. The highest BCUT2D eigenvalue weighted by Crippen LogP contribution is 2.42. The van der Waals surface area contributed by atoms with Crippen LogP contribution in [0, 0.1) is 0 Å². The number of fused-ring (bicyclic) bond motifs is 3. The van der Waals surface area contributed by atoms with E-state index in [-0.39, 0.29) is 11.1 Å². The van der Waals surface area contributed by atoms with Crippen molar-refractivity contribution in [3.63, 3.8) is 0 Å². The summed E-state index contributed by atoms with van der Waals surface area (Å²) < 4.78 is 2.38. The number of aryl methyl sites for hydroxylation is 1. The van der Waals surface area contributed by atoms with Crippen LogP contribution in [0.2, 0.25) is 5.02 Å². The van der Waals surface area contributed by atoms with E-state index in [1.54, 1.807) is 18.2 Å². The van der Waals surface area contributed by atoms with Crippen molar-refractivity contribution in [1.82, 2.24) is 9.88 Å². The molecule has 1 N–H and O–H groups in total. The van der Waals surface area contributed by atoms with Gasteiger partial charge in [0.05, 0.1) is 26.8 Å². The number of carbonyl (C=O) groups excluding carboxylic acids is 3. The van der Waals surface area contributed by atoms with Crippen molar-refractivity contribution in [2.45, 2.75) is 13.0 Å². The first kappa shape index (κ1) is 19.4. The monoisotopic (exact) mass is 522 g/mol. The van der Waals surface area contributed by atoms with Gasteiger partial charge < -0.3 is 4.57 Å². The van der Waals surface area contributed by atoms with Gasteiger partial charge in [0.15, 0.2) is 6.29 Å². The van der Waals surface area contributed by atoms with Gasteiger partial charge in [0.1, 0.15) is 0 Å². The lowest BCUT2D eigenvalue weighted by molar-refractivity contribution is 0.0880. The summed E-state index contributed by atoms with van der Waals surface area (Å²) in [5.74, 6) is -0.945. The van der Waals surface area contributed by atoms with E-state index in [9.17, 15) is 14.4 Å². The molecular formula is C20H13Br2ClN2O3. The largest absolute Gasteiger partial charge is 0.337 e. The van der Waals surface area contributed by atoms with Gasteiger partial charge in [0.25, 0.3) is 11.8 Å². The summed E-state index contributed by atoms with van der Waals surface area (Å²) in [4.78, 5) is 37.0. The van der Waals surface area contributed by atoms with Crippen LogP contribution in [-0.2, 0) is 6.54 Å². The second kappa shape index (κ2) is 7.46. The number of nitrogens with one attached hydrogen (secondary N) is 1. The topological polar surface area (TPSA) is 68.2 Å². The van der Waals surface area contributed by atoms with Crippen LogP contribution in [0.15, 0.2) is 34.8 Å². The van der Waals surface area contributed by atoms with Gasteiger partial charge in [0.2, 0.25) is 0 Å². The molecule has 0 radical (unpaired) electrons. The fourth-order valence-corrected chi connectivity index (χ4v) is 4.83. The van der Waals surface area contributed by atoms with Crippen LogP contribution in [0.4, 0.5) is 0 Å². The molecule has 1 aliphatic rings. The molecule has 142 valence electrons. The van der Waals surface area contributed by atoms with Crippen LogP contribution in [0.5, 0.6) is 0 Å². The number of hydrogen-bond donors (Lipinski definition) is 1. The Morgan fingerprint density at radius 3 is 2.50 bits per heavy atom. The first-order chi connectivity index (χ1) is 13.5. The van der Waals surface area contributed by atoms with Crippen molar-refractivity contribution in [2.24, 2.45) is 0 Å². The zero-order valence-corrected chi connectivity index (χ0v) is 18.3.